The molecule has 3 heteroatoms. The van der Waals surface area contributed by atoms with Gasteiger partial charge in [0.2, 0.25) is 0 Å². The summed E-state index contributed by atoms with van der Waals surface area (Å²) < 4.78 is 5.85. The van der Waals surface area contributed by atoms with Crippen molar-refractivity contribution in [3.63, 3.8) is 0 Å². The molecule has 2 atom stereocenters. The highest BCUT2D eigenvalue weighted by atomic mass is 16.5. The molecule has 2 fully saturated rings. The summed E-state index contributed by atoms with van der Waals surface area (Å²) >= 11 is 0. The lowest BCUT2D eigenvalue weighted by atomic mass is 9.84. The quantitative estimate of drug-likeness (QED) is 0.810. The Morgan fingerprint density at radius 2 is 2.00 bits per heavy atom. The number of hydrogen-bond acceptors (Lipinski definition) is 3. The van der Waals surface area contributed by atoms with Gasteiger partial charge in [0.25, 0.3) is 0 Å². The van der Waals surface area contributed by atoms with Gasteiger partial charge in [-0.05, 0) is 31.6 Å². The highest BCUT2D eigenvalue weighted by Crippen LogP contribution is 2.39. The second kappa shape index (κ2) is 7.24. The molecule has 1 N–H and O–H groups in total. The smallest absolute Gasteiger partial charge is 0.0674 e. The molecule has 2 unspecified atom stereocenters. The number of ether oxygens (including phenoxy) is 1. The highest BCUT2D eigenvalue weighted by Gasteiger charge is 2.38. The van der Waals surface area contributed by atoms with Gasteiger partial charge in [0.15, 0.2) is 0 Å². The predicted molar refractivity (Wildman–Crippen MR) is 85.1 cm³/mol. The van der Waals surface area contributed by atoms with Crippen LogP contribution in [0, 0.1) is 5.41 Å². The van der Waals surface area contributed by atoms with Crippen molar-refractivity contribution in [2.45, 2.75) is 78.0 Å². The Morgan fingerprint density at radius 3 is 2.60 bits per heavy atom. The zero-order valence-electron chi connectivity index (χ0n) is 14.0. The number of nitrogens with zero attached hydrogens (tertiary/aromatic N) is 1. The fourth-order valence-corrected chi connectivity index (χ4v) is 3.85. The summed E-state index contributed by atoms with van der Waals surface area (Å²) in [6.45, 7) is 13.5. The summed E-state index contributed by atoms with van der Waals surface area (Å²) in [5.41, 5.74) is 0.509. The van der Waals surface area contributed by atoms with Gasteiger partial charge >= 0.3 is 0 Å². The Balaban J connectivity index is 1.98. The van der Waals surface area contributed by atoms with Gasteiger partial charge in [-0.25, -0.2) is 0 Å². The maximum Gasteiger partial charge on any atom is 0.0674 e. The van der Waals surface area contributed by atoms with E-state index in [-0.39, 0.29) is 0 Å². The zero-order valence-corrected chi connectivity index (χ0v) is 14.0. The van der Waals surface area contributed by atoms with Crippen LogP contribution in [-0.2, 0) is 4.74 Å². The molecule has 1 aliphatic heterocycles. The standard InChI is InChI=1S/C17H34N2O/c1-5-16-11-20-15(4)10-19(16)13-17(8-6-7-9-17)12-18-14(2)3/h14-16,18H,5-13H2,1-4H3. The van der Waals surface area contributed by atoms with Crippen molar-refractivity contribution < 1.29 is 4.74 Å². The molecule has 20 heavy (non-hydrogen) atoms. The molecule has 1 aliphatic carbocycles. The van der Waals surface area contributed by atoms with Crippen LogP contribution in [0.3, 0.4) is 0 Å². The molecule has 118 valence electrons. The summed E-state index contributed by atoms with van der Waals surface area (Å²) in [6.07, 6.45) is 7.23. The van der Waals surface area contributed by atoms with E-state index in [1.807, 2.05) is 0 Å². The molecule has 0 amide bonds. The van der Waals surface area contributed by atoms with Gasteiger partial charge < -0.3 is 10.1 Å². The van der Waals surface area contributed by atoms with Crippen LogP contribution in [0.25, 0.3) is 0 Å². The van der Waals surface area contributed by atoms with Crippen LogP contribution in [0.5, 0.6) is 0 Å². The maximum absolute atomic E-state index is 5.85. The Morgan fingerprint density at radius 1 is 1.30 bits per heavy atom. The minimum Gasteiger partial charge on any atom is -0.376 e. The third-order valence-electron chi connectivity index (χ3n) is 5.14. The molecule has 0 bridgehead atoms. The summed E-state index contributed by atoms with van der Waals surface area (Å²) in [5.74, 6) is 0. The average Bonchev–Trinajstić information content (AvgIpc) is 2.86. The van der Waals surface area contributed by atoms with Crippen LogP contribution in [0.4, 0.5) is 0 Å². The zero-order chi connectivity index (χ0) is 14.6. The van der Waals surface area contributed by atoms with Crippen LogP contribution in [-0.4, -0.2) is 49.3 Å². The van der Waals surface area contributed by atoms with Crippen LogP contribution in [0.1, 0.15) is 59.8 Å². The van der Waals surface area contributed by atoms with E-state index >= 15 is 0 Å². The molecule has 0 spiro atoms. The van der Waals surface area contributed by atoms with Gasteiger partial charge in [0.05, 0.1) is 12.7 Å². The van der Waals surface area contributed by atoms with Crippen molar-refractivity contribution in [3.05, 3.63) is 0 Å². The second-order valence-corrected chi connectivity index (χ2v) is 7.38. The van der Waals surface area contributed by atoms with Crippen molar-refractivity contribution in [1.29, 1.82) is 0 Å². The number of rotatable bonds is 6. The molecular formula is C17H34N2O. The van der Waals surface area contributed by atoms with E-state index in [0.29, 0.717) is 23.6 Å². The maximum atomic E-state index is 5.85. The monoisotopic (exact) mass is 282 g/mol. The molecule has 0 radical (unpaired) electrons. The van der Waals surface area contributed by atoms with Crippen molar-refractivity contribution in [1.82, 2.24) is 10.2 Å². The van der Waals surface area contributed by atoms with E-state index in [2.05, 4.69) is 37.9 Å². The first-order chi connectivity index (χ1) is 9.54. The van der Waals surface area contributed by atoms with Crippen LogP contribution >= 0.6 is 0 Å². The molecule has 0 aromatic carbocycles. The minimum atomic E-state index is 0.398. The van der Waals surface area contributed by atoms with Crippen LogP contribution < -0.4 is 5.32 Å². The molecule has 2 rings (SSSR count). The van der Waals surface area contributed by atoms with Crippen LogP contribution in [0.15, 0.2) is 0 Å². The Labute approximate surface area is 125 Å². The first-order valence-electron chi connectivity index (χ1n) is 8.64. The lowest BCUT2D eigenvalue weighted by Gasteiger charge is -2.44. The Hall–Kier alpha value is -0.120. The first kappa shape index (κ1) is 16.3. The summed E-state index contributed by atoms with van der Waals surface area (Å²) in [6, 6.07) is 1.22. The van der Waals surface area contributed by atoms with E-state index in [1.165, 1.54) is 45.2 Å². The van der Waals surface area contributed by atoms with Crippen molar-refractivity contribution in [2.24, 2.45) is 5.41 Å². The van der Waals surface area contributed by atoms with Gasteiger partial charge in [0, 0.05) is 31.7 Å². The summed E-state index contributed by atoms with van der Waals surface area (Å²) in [7, 11) is 0. The number of hydrogen-bond donors (Lipinski definition) is 1. The fraction of sp³-hybridized carbons (Fsp3) is 1.00. The molecule has 0 aromatic rings. The number of morpholine rings is 1. The molecule has 1 saturated heterocycles. The summed E-state index contributed by atoms with van der Waals surface area (Å²) in [5, 5.41) is 3.70. The number of nitrogens with one attached hydrogen (secondary N) is 1. The molecule has 1 heterocycles. The lowest BCUT2D eigenvalue weighted by molar-refractivity contribution is -0.0690. The van der Waals surface area contributed by atoms with E-state index in [1.54, 1.807) is 0 Å². The van der Waals surface area contributed by atoms with E-state index < -0.39 is 0 Å². The first-order valence-corrected chi connectivity index (χ1v) is 8.64. The normalized spacial score (nSPS) is 31.1. The Bertz CT molecular complexity index is 287. The minimum absolute atomic E-state index is 0.398. The lowest BCUT2D eigenvalue weighted by Crippen LogP contribution is -2.54. The summed E-state index contributed by atoms with van der Waals surface area (Å²) in [4.78, 5) is 2.72. The average molecular weight is 282 g/mol. The molecule has 3 nitrogen and oxygen atoms in total. The van der Waals surface area contributed by atoms with E-state index in [4.69, 9.17) is 4.74 Å². The van der Waals surface area contributed by atoms with Gasteiger partial charge in [-0.15, -0.1) is 0 Å². The predicted octanol–water partition coefficient (Wildman–Crippen LogP) is 3.04. The topological polar surface area (TPSA) is 24.5 Å². The van der Waals surface area contributed by atoms with Crippen molar-refractivity contribution >= 4 is 0 Å². The third kappa shape index (κ3) is 4.19. The second-order valence-electron chi connectivity index (χ2n) is 7.38. The fourth-order valence-electron chi connectivity index (χ4n) is 3.85. The van der Waals surface area contributed by atoms with E-state index in [0.717, 1.165) is 13.2 Å². The molecular weight excluding hydrogens is 248 g/mol. The Kier molecular flexibility index (Phi) is 5.88. The van der Waals surface area contributed by atoms with E-state index in [9.17, 15) is 0 Å². The molecule has 0 aromatic heterocycles. The van der Waals surface area contributed by atoms with Crippen molar-refractivity contribution in [3.8, 4) is 0 Å². The van der Waals surface area contributed by atoms with Gasteiger partial charge in [-0.3, -0.25) is 4.90 Å². The van der Waals surface area contributed by atoms with Gasteiger partial charge in [0.1, 0.15) is 0 Å². The SMILES string of the molecule is CCC1COC(C)CN1CC1(CNC(C)C)CCCC1. The third-order valence-corrected chi connectivity index (χ3v) is 5.14. The molecule has 1 saturated carbocycles. The molecule has 2 aliphatic rings. The van der Waals surface area contributed by atoms with Crippen molar-refractivity contribution in [2.75, 3.05) is 26.2 Å². The van der Waals surface area contributed by atoms with Gasteiger partial charge in [-0.2, -0.15) is 0 Å². The largest absolute Gasteiger partial charge is 0.376 e. The van der Waals surface area contributed by atoms with Crippen LogP contribution in [0.2, 0.25) is 0 Å². The van der Waals surface area contributed by atoms with Gasteiger partial charge in [-0.1, -0.05) is 33.6 Å². The highest BCUT2D eigenvalue weighted by molar-refractivity contribution is 4.92.